The lowest BCUT2D eigenvalue weighted by Crippen LogP contribution is -2.43. The third-order valence-corrected chi connectivity index (χ3v) is 2.78. The molecule has 0 saturated heterocycles. The Labute approximate surface area is 114 Å². The van der Waals surface area contributed by atoms with Gasteiger partial charge in [-0.05, 0) is 19.1 Å². The first kappa shape index (κ1) is 12.5. The molecule has 0 bridgehead atoms. The number of hydrogen-bond acceptors (Lipinski definition) is 6. The molecule has 0 spiro atoms. The number of nitrogens with zero attached hydrogens (tertiary/aromatic N) is 2. The molecule has 1 aliphatic rings. The molecular weight excluding hydrogens is 262 g/mol. The molecule has 7 nitrogen and oxygen atoms in total. The summed E-state index contributed by atoms with van der Waals surface area (Å²) >= 11 is 0. The van der Waals surface area contributed by atoms with Gasteiger partial charge in [0, 0.05) is 0 Å². The van der Waals surface area contributed by atoms with Crippen LogP contribution in [0.5, 0.6) is 11.5 Å². The van der Waals surface area contributed by atoms with Gasteiger partial charge in [0.05, 0.1) is 6.54 Å². The Kier molecular flexibility index (Phi) is 3.24. The summed E-state index contributed by atoms with van der Waals surface area (Å²) in [5.74, 6) is 1.81. The lowest BCUT2D eigenvalue weighted by Gasteiger charge is -2.25. The summed E-state index contributed by atoms with van der Waals surface area (Å²) in [6.45, 7) is 2.05. The van der Waals surface area contributed by atoms with Crippen LogP contribution in [0.15, 0.2) is 28.8 Å². The fourth-order valence-corrected chi connectivity index (χ4v) is 1.84. The summed E-state index contributed by atoms with van der Waals surface area (Å²) in [5, 5.41) is 6.32. The average molecular weight is 275 g/mol. The number of fused-ring (bicyclic) bond motifs is 1. The van der Waals surface area contributed by atoms with Gasteiger partial charge in [-0.1, -0.05) is 17.3 Å². The molecule has 1 N–H and O–H groups in total. The SMILES string of the molecule is Cc1noc(CNC(=O)[C@@H]2COc3ccccc3O2)n1. The van der Waals surface area contributed by atoms with Crippen LogP contribution in [0.3, 0.4) is 0 Å². The van der Waals surface area contributed by atoms with Crippen LogP contribution >= 0.6 is 0 Å². The highest BCUT2D eigenvalue weighted by molar-refractivity contribution is 5.81. The molecule has 2 heterocycles. The third-order valence-electron chi connectivity index (χ3n) is 2.78. The summed E-state index contributed by atoms with van der Waals surface area (Å²) in [7, 11) is 0. The van der Waals surface area contributed by atoms with Crippen LogP contribution in [0.4, 0.5) is 0 Å². The number of rotatable bonds is 3. The number of benzene rings is 1. The lowest BCUT2D eigenvalue weighted by molar-refractivity contribution is -0.130. The maximum Gasteiger partial charge on any atom is 0.265 e. The van der Waals surface area contributed by atoms with Crippen molar-refractivity contribution in [3.8, 4) is 11.5 Å². The number of hydrogen-bond donors (Lipinski definition) is 1. The number of ether oxygens (including phenoxy) is 2. The Morgan fingerprint density at radius 2 is 2.20 bits per heavy atom. The molecule has 1 atom stereocenters. The monoisotopic (exact) mass is 275 g/mol. The second-order valence-electron chi connectivity index (χ2n) is 4.32. The number of para-hydroxylation sites is 2. The lowest BCUT2D eigenvalue weighted by atomic mass is 10.2. The molecule has 0 radical (unpaired) electrons. The first-order chi connectivity index (χ1) is 9.72. The predicted molar refractivity (Wildman–Crippen MR) is 67.2 cm³/mol. The van der Waals surface area contributed by atoms with E-state index < -0.39 is 6.10 Å². The van der Waals surface area contributed by atoms with E-state index in [1.807, 2.05) is 12.1 Å². The Hall–Kier alpha value is -2.57. The van der Waals surface area contributed by atoms with Crippen molar-refractivity contribution in [2.45, 2.75) is 19.6 Å². The molecule has 3 rings (SSSR count). The average Bonchev–Trinajstić information content (AvgIpc) is 2.90. The van der Waals surface area contributed by atoms with Gasteiger partial charge in [0.2, 0.25) is 12.0 Å². The number of aromatic nitrogens is 2. The van der Waals surface area contributed by atoms with E-state index in [0.29, 0.717) is 23.2 Å². The zero-order valence-electron chi connectivity index (χ0n) is 10.8. The summed E-state index contributed by atoms with van der Waals surface area (Å²) in [4.78, 5) is 16.0. The Morgan fingerprint density at radius 1 is 1.40 bits per heavy atom. The van der Waals surface area contributed by atoms with Crippen molar-refractivity contribution >= 4 is 5.91 Å². The Bertz CT molecular complexity index is 626. The van der Waals surface area contributed by atoms with Crippen molar-refractivity contribution in [1.82, 2.24) is 15.5 Å². The number of carbonyl (C=O) groups is 1. The van der Waals surface area contributed by atoms with Crippen LogP contribution in [0, 0.1) is 6.92 Å². The zero-order chi connectivity index (χ0) is 13.9. The molecule has 0 saturated carbocycles. The number of aryl methyl sites for hydroxylation is 1. The van der Waals surface area contributed by atoms with Gasteiger partial charge in [0.15, 0.2) is 17.3 Å². The number of carbonyl (C=O) groups excluding carboxylic acids is 1. The van der Waals surface area contributed by atoms with E-state index >= 15 is 0 Å². The molecule has 0 aliphatic carbocycles. The van der Waals surface area contributed by atoms with Gasteiger partial charge in [-0.3, -0.25) is 4.79 Å². The summed E-state index contributed by atoms with van der Waals surface area (Å²) in [5.41, 5.74) is 0. The topological polar surface area (TPSA) is 86.5 Å². The molecule has 20 heavy (non-hydrogen) atoms. The molecule has 1 aromatic carbocycles. The van der Waals surface area contributed by atoms with Gasteiger partial charge in [0.1, 0.15) is 6.61 Å². The Balaban J connectivity index is 1.59. The van der Waals surface area contributed by atoms with Gasteiger partial charge >= 0.3 is 0 Å². The molecular formula is C13H13N3O4. The van der Waals surface area contributed by atoms with E-state index in [4.69, 9.17) is 14.0 Å². The first-order valence-electron chi connectivity index (χ1n) is 6.18. The van der Waals surface area contributed by atoms with Crippen LogP contribution in [-0.4, -0.2) is 28.8 Å². The number of nitrogens with one attached hydrogen (secondary N) is 1. The van der Waals surface area contributed by atoms with Gasteiger partial charge < -0.3 is 19.3 Å². The molecule has 104 valence electrons. The highest BCUT2D eigenvalue weighted by Crippen LogP contribution is 2.30. The molecule has 1 aromatic heterocycles. The highest BCUT2D eigenvalue weighted by Gasteiger charge is 2.27. The first-order valence-corrected chi connectivity index (χ1v) is 6.18. The normalized spacial score (nSPS) is 16.8. The van der Waals surface area contributed by atoms with Crippen molar-refractivity contribution in [3.05, 3.63) is 36.0 Å². The number of amides is 1. The van der Waals surface area contributed by atoms with E-state index in [1.54, 1.807) is 19.1 Å². The second-order valence-corrected chi connectivity index (χ2v) is 4.32. The fourth-order valence-electron chi connectivity index (χ4n) is 1.84. The third kappa shape index (κ3) is 2.56. The molecule has 0 fully saturated rings. The molecule has 1 amide bonds. The van der Waals surface area contributed by atoms with E-state index in [2.05, 4.69) is 15.5 Å². The van der Waals surface area contributed by atoms with Crippen LogP contribution in [0.1, 0.15) is 11.7 Å². The minimum Gasteiger partial charge on any atom is -0.485 e. The van der Waals surface area contributed by atoms with E-state index in [9.17, 15) is 4.79 Å². The molecule has 7 heteroatoms. The van der Waals surface area contributed by atoms with E-state index in [-0.39, 0.29) is 19.1 Å². The smallest absolute Gasteiger partial charge is 0.265 e. The maximum atomic E-state index is 12.0. The highest BCUT2D eigenvalue weighted by atomic mass is 16.6. The molecule has 2 aromatic rings. The fraction of sp³-hybridized carbons (Fsp3) is 0.308. The summed E-state index contributed by atoms with van der Waals surface area (Å²) in [6, 6.07) is 7.23. The van der Waals surface area contributed by atoms with Crippen molar-refractivity contribution in [2.75, 3.05) is 6.61 Å². The summed E-state index contributed by atoms with van der Waals surface area (Å²) < 4.78 is 16.0. The predicted octanol–water partition coefficient (Wildman–Crippen LogP) is 0.834. The Morgan fingerprint density at radius 3 is 2.95 bits per heavy atom. The minimum absolute atomic E-state index is 0.168. The van der Waals surface area contributed by atoms with Crippen molar-refractivity contribution in [3.63, 3.8) is 0 Å². The van der Waals surface area contributed by atoms with E-state index in [1.165, 1.54) is 0 Å². The van der Waals surface area contributed by atoms with Gasteiger partial charge in [-0.2, -0.15) is 4.98 Å². The maximum absolute atomic E-state index is 12.0. The van der Waals surface area contributed by atoms with Gasteiger partial charge in [-0.15, -0.1) is 0 Å². The van der Waals surface area contributed by atoms with Crippen LogP contribution in [-0.2, 0) is 11.3 Å². The van der Waals surface area contributed by atoms with Crippen LogP contribution < -0.4 is 14.8 Å². The van der Waals surface area contributed by atoms with Gasteiger partial charge in [-0.25, -0.2) is 0 Å². The molecule has 1 aliphatic heterocycles. The van der Waals surface area contributed by atoms with Crippen LogP contribution in [0.25, 0.3) is 0 Å². The van der Waals surface area contributed by atoms with Crippen LogP contribution in [0.2, 0.25) is 0 Å². The van der Waals surface area contributed by atoms with Crippen molar-refractivity contribution in [2.24, 2.45) is 0 Å². The largest absolute Gasteiger partial charge is 0.485 e. The second kappa shape index (κ2) is 5.20. The summed E-state index contributed by atoms with van der Waals surface area (Å²) in [6.07, 6.45) is -0.686. The minimum atomic E-state index is -0.686. The van der Waals surface area contributed by atoms with E-state index in [0.717, 1.165) is 0 Å². The van der Waals surface area contributed by atoms with Crippen molar-refractivity contribution < 1.29 is 18.8 Å². The van der Waals surface area contributed by atoms with Crippen molar-refractivity contribution in [1.29, 1.82) is 0 Å². The molecule has 0 unspecified atom stereocenters. The quantitative estimate of drug-likeness (QED) is 0.893. The zero-order valence-corrected chi connectivity index (χ0v) is 10.8. The standard InChI is InChI=1S/C13H13N3O4/c1-8-15-12(20-16-8)6-14-13(17)11-7-18-9-4-2-3-5-10(9)19-11/h2-5,11H,6-7H2,1H3,(H,14,17)/t11-/m0/s1. The van der Waals surface area contributed by atoms with Gasteiger partial charge in [0.25, 0.3) is 5.91 Å².